The second-order valence-electron chi connectivity index (χ2n) is 10.4. The molecule has 2 unspecified atom stereocenters. The van der Waals surface area contributed by atoms with Crippen molar-refractivity contribution >= 4 is 13.6 Å². The first-order chi connectivity index (χ1) is 16.5. The van der Waals surface area contributed by atoms with Crippen LogP contribution >= 0.6 is 7.82 Å². The van der Waals surface area contributed by atoms with Gasteiger partial charge >= 0.3 is 7.82 Å². The fourth-order valence-electron chi connectivity index (χ4n) is 3.56. The van der Waals surface area contributed by atoms with Crippen molar-refractivity contribution in [1.29, 1.82) is 0 Å². The molecule has 0 spiro atoms. The van der Waals surface area contributed by atoms with Gasteiger partial charge in [-0.2, -0.15) is 0 Å². The second-order valence-corrected chi connectivity index (χ2v) is 11.8. The molecule has 0 aromatic rings. The predicted octanol–water partition coefficient (Wildman–Crippen LogP) is 5.15. The van der Waals surface area contributed by atoms with Crippen LogP contribution in [0.4, 0.5) is 0 Å². The Balaban J connectivity index is 4.07. The zero-order chi connectivity index (χ0) is 26.6. The molecular weight excluding hydrogens is 469 g/mol. The smallest absolute Gasteiger partial charge is 0.394 e. The minimum absolute atomic E-state index is 0.0400. The average molecular weight is 523 g/mol. The summed E-state index contributed by atoms with van der Waals surface area (Å²) in [6.07, 6.45) is 16.3. The van der Waals surface area contributed by atoms with Gasteiger partial charge in [0.2, 0.25) is 0 Å². The number of aliphatic hydroxyl groups excluding tert-OH is 2. The lowest BCUT2D eigenvalue weighted by molar-refractivity contribution is -0.870. The molecule has 208 valence electrons. The molecule has 0 heterocycles. The molecule has 0 saturated heterocycles. The fraction of sp³-hybridized carbons (Fsp3) is 0.885. The van der Waals surface area contributed by atoms with Crippen LogP contribution in [0, 0.1) is 0 Å². The molecule has 0 aromatic carbocycles. The Labute approximate surface area is 213 Å². The number of aliphatic hydroxyl groups is 2. The highest BCUT2D eigenvalue weighted by Crippen LogP contribution is 2.45. The summed E-state index contributed by atoms with van der Waals surface area (Å²) in [6, 6.07) is 0. The largest absolute Gasteiger partial charge is 0.473 e. The number of allylic oxidation sites excluding steroid dienone is 2. The number of rotatable bonds is 24. The Hall–Kier alpha value is -0.600. The minimum atomic E-state index is -4.54. The molecular formula is C26H53NO7P+. The topological polar surface area (TPSA) is 113 Å². The summed E-state index contributed by atoms with van der Waals surface area (Å²) in [5, 5.41) is 19.2. The number of hydrogen-bond acceptors (Lipinski definition) is 6. The summed E-state index contributed by atoms with van der Waals surface area (Å²) < 4.78 is 22.6. The molecule has 0 aromatic heterocycles. The third-order valence-corrected chi connectivity index (χ3v) is 6.80. The maximum absolute atomic E-state index is 12.5. The minimum Gasteiger partial charge on any atom is -0.394 e. The van der Waals surface area contributed by atoms with Gasteiger partial charge < -0.3 is 19.6 Å². The number of hydrogen-bond donors (Lipinski definition) is 3. The Morgan fingerprint density at radius 2 is 1.43 bits per heavy atom. The molecule has 0 saturated carbocycles. The quantitative estimate of drug-likeness (QED) is 0.0695. The van der Waals surface area contributed by atoms with Crippen molar-refractivity contribution in [1.82, 2.24) is 0 Å². The summed E-state index contributed by atoms with van der Waals surface area (Å²) in [5.41, 5.74) is 0. The van der Waals surface area contributed by atoms with Crippen molar-refractivity contribution in [3.05, 3.63) is 12.2 Å². The van der Waals surface area contributed by atoms with Crippen LogP contribution in [-0.4, -0.2) is 78.5 Å². The van der Waals surface area contributed by atoms with Crippen LogP contribution in [0.5, 0.6) is 0 Å². The van der Waals surface area contributed by atoms with Gasteiger partial charge in [0.15, 0.2) is 11.9 Å². The summed E-state index contributed by atoms with van der Waals surface area (Å²) in [5.74, 6) is -0.506. The lowest BCUT2D eigenvalue weighted by Gasteiger charge is -2.26. The van der Waals surface area contributed by atoms with Gasteiger partial charge in [0.05, 0.1) is 27.7 Å². The number of likely N-dealkylation sites (N-methyl/N-ethyl adjacent to an activating group) is 1. The molecule has 0 aliphatic carbocycles. The molecule has 8 nitrogen and oxygen atoms in total. The molecule has 0 amide bonds. The maximum atomic E-state index is 12.5. The van der Waals surface area contributed by atoms with E-state index in [9.17, 15) is 24.5 Å². The maximum Gasteiger partial charge on any atom is 0.473 e. The molecule has 3 atom stereocenters. The van der Waals surface area contributed by atoms with Crippen molar-refractivity contribution < 1.29 is 38.0 Å². The Kier molecular flexibility index (Phi) is 20.1. The van der Waals surface area contributed by atoms with Crippen molar-refractivity contribution in [2.45, 2.75) is 109 Å². The highest BCUT2D eigenvalue weighted by Gasteiger charge is 2.35. The SMILES string of the molecule is CCCCCCCCC=CCCCCCCCC(=O)C(OP(=O)(O)OCC[N+](C)(C)C)[C@@H](O)CO. The first-order valence-corrected chi connectivity index (χ1v) is 14.9. The summed E-state index contributed by atoms with van der Waals surface area (Å²) in [7, 11) is 1.18. The highest BCUT2D eigenvalue weighted by molar-refractivity contribution is 7.47. The van der Waals surface area contributed by atoms with E-state index in [2.05, 4.69) is 19.1 Å². The standard InChI is InChI=1S/C26H52NO7P/c1-5-6-7-8-9-10-11-12-13-14-15-16-17-18-19-20-24(29)26(25(30)23-28)34-35(31,32)33-22-21-27(2,3)4/h12-13,25-26,28,30H,5-11,14-23H2,1-4H3/p+1/t25-,26?/m0/s1. The molecule has 0 aliphatic heterocycles. The van der Waals surface area contributed by atoms with Crippen molar-refractivity contribution in [3.63, 3.8) is 0 Å². The van der Waals surface area contributed by atoms with Crippen LogP contribution in [0.15, 0.2) is 12.2 Å². The van der Waals surface area contributed by atoms with Crippen LogP contribution < -0.4 is 0 Å². The number of nitrogens with zero attached hydrogens (tertiary/aromatic N) is 1. The van der Waals surface area contributed by atoms with Crippen LogP contribution in [0.3, 0.4) is 0 Å². The van der Waals surface area contributed by atoms with E-state index in [0.29, 0.717) is 17.4 Å². The first-order valence-electron chi connectivity index (χ1n) is 13.4. The number of quaternary nitrogens is 1. The van der Waals surface area contributed by atoms with E-state index < -0.39 is 32.4 Å². The fourth-order valence-corrected chi connectivity index (χ4v) is 4.47. The van der Waals surface area contributed by atoms with E-state index in [0.717, 1.165) is 32.1 Å². The van der Waals surface area contributed by atoms with Gasteiger partial charge in [-0.3, -0.25) is 13.8 Å². The van der Waals surface area contributed by atoms with Gasteiger partial charge in [0.25, 0.3) is 0 Å². The Morgan fingerprint density at radius 1 is 0.914 bits per heavy atom. The second kappa shape index (κ2) is 20.5. The van der Waals surface area contributed by atoms with Gasteiger partial charge in [-0.15, -0.1) is 0 Å². The van der Waals surface area contributed by atoms with Gasteiger partial charge in [0, 0.05) is 6.42 Å². The number of phosphoric ester groups is 1. The molecule has 0 rings (SSSR count). The van der Waals surface area contributed by atoms with E-state index in [1.807, 2.05) is 21.1 Å². The first kappa shape index (κ1) is 34.4. The molecule has 0 radical (unpaired) electrons. The summed E-state index contributed by atoms with van der Waals surface area (Å²) in [6.45, 7) is 1.91. The van der Waals surface area contributed by atoms with Gasteiger partial charge in [-0.1, -0.05) is 70.4 Å². The lowest BCUT2D eigenvalue weighted by atomic mass is 10.0. The highest BCUT2D eigenvalue weighted by atomic mass is 31.2. The van der Waals surface area contributed by atoms with Crippen molar-refractivity contribution in [3.8, 4) is 0 Å². The lowest BCUT2D eigenvalue weighted by Crippen LogP contribution is -2.39. The van der Waals surface area contributed by atoms with E-state index in [1.54, 1.807) is 0 Å². The van der Waals surface area contributed by atoms with E-state index >= 15 is 0 Å². The van der Waals surface area contributed by atoms with Crippen LogP contribution in [0.2, 0.25) is 0 Å². The number of carbonyl (C=O) groups excluding carboxylic acids is 1. The van der Waals surface area contributed by atoms with Crippen LogP contribution in [0.25, 0.3) is 0 Å². The van der Waals surface area contributed by atoms with Crippen LogP contribution in [-0.2, 0) is 18.4 Å². The van der Waals surface area contributed by atoms with Gasteiger partial charge in [-0.05, 0) is 32.1 Å². The number of phosphoric acid groups is 1. The zero-order valence-electron chi connectivity index (χ0n) is 22.7. The van der Waals surface area contributed by atoms with Gasteiger partial charge in [-0.25, -0.2) is 4.57 Å². The number of Topliss-reactive ketones (excluding diaryl/α,β-unsaturated/α-hetero) is 1. The van der Waals surface area contributed by atoms with Gasteiger partial charge in [0.1, 0.15) is 19.3 Å². The average Bonchev–Trinajstić information content (AvgIpc) is 2.78. The molecule has 0 bridgehead atoms. The monoisotopic (exact) mass is 522 g/mol. The third kappa shape index (κ3) is 21.2. The normalized spacial score (nSPS) is 15.9. The summed E-state index contributed by atoms with van der Waals surface area (Å²) >= 11 is 0. The number of carbonyl (C=O) groups is 1. The Morgan fingerprint density at radius 3 is 1.94 bits per heavy atom. The van der Waals surface area contributed by atoms with E-state index in [4.69, 9.17) is 9.05 Å². The summed E-state index contributed by atoms with van der Waals surface area (Å²) in [4.78, 5) is 22.4. The molecule has 0 fully saturated rings. The zero-order valence-corrected chi connectivity index (χ0v) is 23.6. The predicted molar refractivity (Wildman–Crippen MR) is 141 cm³/mol. The van der Waals surface area contributed by atoms with Crippen molar-refractivity contribution in [2.75, 3.05) is 40.9 Å². The third-order valence-electron chi connectivity index (χ3n) is 5.80. The van der Waals surface area contributed by atoms with E-state index in [-0.39, 0.29) is 13.0 Å². The van der Waals surface area contributed by atoms with Crippen LogP contribution in [0.1, 0.15) is 96.8 Å². The van der Waals surface area contributed by atoms with E-state index in [1.165, 1.54) is 44.9 Å². The Bertz CT molecular complexity index is 607. The molecule has 3 N–H and O–H groups in total. The molecule has 35 heavy (non-hydrogen) atoms. The number of ketones is 1. The molecule has 9 heteroatoms. The number of unbranched alkanes of at least 4 members (excludes halogenated alkanes) is 11. The van der Waals surface area contributed by atoms with Crippen molar-refractivity contribution in [2.24, 2.45) is 0 Å². The molecule has 0 aliphatic rings.